The molecule has 96 valence electrons. The molecule has 1 aromatic carbocycles. The normalized spacial score (nSPS) is 12.5. The minimum atomic E-state index is -1.54. The van der Waals surface area contributed by atoms with Crippen molar-refractivity contribution < 1.29 is 20.3 Å². The van der Waals surface area contributed by atoms with Gasteiger partial charge in [-0.1, -0.05) is 52.0 Å². The first-order chi connectivity index (χ1) is 7.99. The van der Waals surface area contributed by atoms with Crippen molar-refractivity contribution in [2.45, 2.75) is 39.4 Å². The summed E-state index contributed by atoms with van der Waals surface area (Å²) in [5, 5.41) is 18.2. The van der Waals surface area contributed by atoms with E-state index in [0.717, 1.165) is 5.56 Å². The summed E-state index contributed by atoms with van der Waals surface area (Å²) in [4.78, 5) is 8.91. The van der Waals surface area contributed by atoms with E-state index in [1.807, 2.05) is 32.0 Å². The summed E-state index contributed by atoms with van der Waals surface area (Å²) < 4.78 is 0. The van der Waals surface area contributed by atoms with Crippen molar-refractivity contribution in [3.05, 3.63) is 35.4 Å². The van der Waals surface area contributed by atoms with E-state index in [1.165, 1.54) is 0 Å². The molecule has 0 fully saturated rings. The van der Waals surface area contributed by atoms with Crippen molar-refractivity contribution in [3.8, 4) is 0 Å². The Balaban J connectivity index is 3.37. The predicted molar refractivity (Wildman–Crippen MR) is 64.5 cm³/mol. The molecule has 17 heavy (non-hydrogen) atoms. The van der Waals surface area contributed by atoms with Crippen molar-refractivity contribution in [2.24, 2.45) is 5.92 Å². The lowest BCUT2D eigenvalue weighted by atomic mass is 9.87. The highest BCUT2D eigenvalue weighted by Gasteiger charge is 2.42. The van der Waals surface area contributed by atoms with Crippen molar-refractivity contribution in [1.29, 1.82) is 0 Å². The molecule has 0 aliphatic heterocycles. The number of rotatable bonds is 5. The monoisotopic (exact) mass is 240 g/mol. The molecular weight excluding hydrogens is 220 g/mol. The molecule has 2 N–H and O–H groups in total. The van der Waals surface area contributed by atoms with Gasteiger partial charge in [0.1, 0.15) is 0 Å². The maximum atomic E-state index is 9.12. The maximum absolute atomic E-state index is 9.12. The van der Waals surface area contributed by atoms with E-state index in [4.69, 9.17) is 10.5 Å². The van der Waals surface area contributed by atoms with E-state index in [-0.39, 0.29) is 11.8 Å². The van der Waals surface area contributed by atoms with Crippen LogP contribution in [0.3, 0.4) is 0 Å². The molecule has 0 unspecified atom stereocenters. The second-order valence-corrected chi connectivity index (χ2v) is 4.75. The van der Waals surface area contributed by atoms with E-state index in [9.17, 15) is 0 Å². The smallest absolute Gasteiger partial charge is 0.248 e. The first kappa shape index (κ1) is 14.1. The van der Waals surface area contributed by atoms with Crippen LogP contribution in [-0.2, 0) is 15.6 Å². The Labute approximate surface area is 102 Å². The molecule has 0 aromatic heterocycles. The molecule has 0 aliphatic carbocycles. The molecule has 0 heterocycles. The van der Waals surface area contributed by atoms with Crippen LogP contribution < -0.4 is 0 Å². The van der Waals surface area contributed by atoms with Gasteiger partial charge in [-0.25, -0.2) is 10.5 Å². The van der Waals surface area contributed by atoms with Gasteiger partial charge in [-0.2, -0.15) is 9.78 Å². The van der Waals surface area contributed by atoms with Gasteiger partial charge in [0.05, 0.1) is 0 Å². The summed E-state index contributed by atoms with van der Waals surface area (Å²) in [5.41, 5.74) is 1.60. The zero-order valence-corrected chi connectivity index (χ0v) is 10.7. The van der Waals surface area contributed by atoms with Crippen LogP contribution in [0.2, 0.25) is 0 Å². The minimum absolute atomic E-state index is 0.231. The Hall–Kier alpha value is -0.940. The first-order valence-electron chi connectivity index (χ1n) is 5.74. The van der Waals surface area contributed by atoms with Crippen LogP contribution in [0.5, 0.6) is 0 Å². The van der Waals surface area contributed by atoms with Gasteiger partial charge >= 0.3 is 0 Å². The number of hydrogen-bond donors (Lipinski definition) is 2. The van der Waals surface area contributed by atoms with Crippen LogP contribution in [0, 0.1) is 5.92 Å². The van der Waals surface area contributed by atoms with Gasteiger partial charge in [-0.15, -0.1) is 0 Å². The third-order valence-corrected chi connectivity index (χ3v) is 2.99. The average Bonchev–Trinajstić information content (AvgIpc) is 2.31. The average molecular weight is 240 g/mol. The van der Waals surface area contributed by atoms with Crippen LogP contribution in [0.25, 0.3) is 0 Å². The Bertz CT molecular complexity index is 356. The molecule has 4 nitrogen and oxygen atoms in total. The third-order valence-electron chi connectivity index (χ3n) is 2.99. The Morgan fingerprint density at radius 3 is 1.94 bits per heavy atom. The summed E-state index contributed by atoms with van der Waals surface area (Å²) in [6, 6.07) is 7.42. The highest BCUT2D eigenvalue weighted by molar-refractivity contribution is 5.33. The Morgan fingerprint density at radius 2 is 1.53 bits per heavy atom. The van der Waals surface area contributed by atoms with Gasteiger partial charge in [0, 0.05) is 11.5 Å². The summed E-state index contributed by atoms with van der Waals surface area (Å²) in [5.74, 6) is -1.56. The van der Waals surface area contributed by atoms with E-state index in [0.29, 0.717) is 5.56 Å². The molecule has 1 rings (SSSR count). The van der Waals surface area contributed by atoms with Crippen molar-refractivity contribution in [2.75, 3.05) is 0 Å². The highest BCUT2D eigenvalue weighted by atomic mass is 17.2. The molecule has 0 aliphatic rings. The van der Waals surface area contributed by atoms with Crippen LogP contribution in [-0.4, -0.2) is 10.5 Å². The summed E-state index contributed by atoms with van der Waals surface area (Å²) >= 11 is 0. The molecule has 0 saturated heterocycles. The molecule has 0 bridgehead atoms. The number of benzene rings is 1. The fraction of sp³-hybridized carbons (Fsp3) is 0.538. The zero-order chi connectivity index (χ0) is 13.1. The molecule has 0 radical (unpaired) electrons. The van der Waals surface area contributed by atoms with Crippen molar-refractivity contribution in [1.82, 2.24) is 0 Å². The molecule has 0 atom stereocenters. The van der Waals surface area contributed by atoms with E-state index in [1.54, 1.807) is 19.9 Å². The van der Waals surface area contributed by atoms with Crippen LogP contribution >= 0.6 is 0 Å². The second-order valence-electron chi connectivity index (χ2n) is 4.75. The molecule has 0 amide bonds. The van der Waals surface area contributed by atoms with Crippen LogP contribution in [0.15, 0.2) is 24.3 Å². The quantitative estimate of drug-likeness (QED) is 0.469. The lowest BCUT2D eigenvalue weighted by molar-refractivity contribution is -0.508. The Kier molecular flexibility index (Phi) is 4.65. The van der Waals surface area contributed by atoms with Gasteiger partial charge in [0.25, 0.3) is 5.79 Å². The lowest BCUT2D eigenvalue weighted by Crippen LogP contribution is -2.38. The topological polar surface area (TPSA) is 58.9 Å². The van der Waals surface area contributed by atoms with Crippen LogP contribution in [0.1, 0.15) is 44.7 Å². The Morgan fingerprint density at radius 1 is 1.00 bits per heavy atom. The molecular formula is C13H20O4. The van der Waals surface area contributed by atoms with E-state index < -0.39 is 5.79 Å². The summed E-state index contributed by atoms with van der Waals surface area (Å²) in [7, 11) is 0. The predicted octanol–water partition coefficient (Wildman–Crippen LogP) is 3.60. The maximum Gasteiger partial charge on any atom is 0.260 e. The summed E-state index contributed by atoms with van der Waals surface area (Å²) in [6.07, 6.45) is 0. The third kappa shape index (κ3) is 2.50. The number of hydrogen-bond acceptors (Lipinski definition) is 4. The van der Waals surface area contributed by atoms with Gasteiger partial charge in [0.2, 0.25) is 0 Å². The summed E-state index contributed by atoms with van der Waals surface area (Å²) in [6.45, 7) is 7.64. The highest BCUT2D eigenvalue weighted by Crippen LogP contribution is 2.37. The van der Waals surface area contributed by atoms with Gasteiger partial charge in [-0.05, 0) is 11.5 Å². The zero-order valence-electron chi connectivity index (χ0n) is 10.7. The minimum Gasteiger partial charge on any atom is -0.248 e. The van der Waals surface area contributed by atoms with Gasteiger partial charge in [0.15, 0.2) is 0 Å². The lowest BCUT2D eigenvalue weighted by Gasteiger charge is -2.33. The molecule has 1 aromatic rings. The van der Waals surface area contributed by atoms with Crippen molar-refractivity contribution >= 4 is 0 Å². The standard InChI is InChI=1S/C13H20O4/c1-9(2)11-7-5-6-8-12(11)13(16-14,17-15)10(3)4/h5-10,14-15H,1-4H3. The van der Waals surface area contributed by atoms with Crippen LogP contribution in [0.4, 0.5) is 0 Å². The fourth-order valence-electron chi connectivity index (χ4n) is 1.95. The molecule has 0 spiro atoms. The van der Waals surface area contributed by atoms with Crippen molar-refractivity contribution in [3.63, 3.8) is 0 Å². The van der Waals surface area contributed by atoms with Gasteiger partial charge in [-0.3, -0.25) is 0 Å². The fourth-order valence-corrected chi connectivity index (χ4v) is 1.95. The van der Waals surface area contributed by atoms with E-state index in [2.05, 4.69) is 9.78 Å². The second kappa shape index (κ2) is 5.60. The molecule has 0 saturated carbocycles. The molecule has 4 heteroatoms. The largest absolute Gasteiger partial charge is 0.260 e. The first-order valence-corrected chi connectivity index (χ1v) is 5.74. The SMILES string of the molecule is CC(C)c1ccccc1C(OO)(OO)C(C)C. The van der Waals surface area contributed by atoms with Gasteiger partial charge < -0.3 is 0 Å². The van der Waals surface area contributed by atoms with E-state index >= 15 is 0 Å².